The highest BCUT2D eigenvalue weighted by Gasteiger charge is 2.34. The van der Waals surface area contributed by atoms with Crippen molar-refractivity contribution in [3.05, 3.63) is 24.3 Å². The summed E-state index contributed by atoms with van der Waals surface area (Å²) >= 11 is 0. The normalized spacial score (nSPS) is 12.5. The Kier molecular flexibility index (Phi) is 4.26. The second kappa shape index (κ2) is 4.73. The molecule has 0 rings (SSSR count). The van der Waals surface area contributed by atoms with E-state index in [0.29, 0.717) is 0 Å². The van der Waals surface area contributed by atoms with Gasteiger partial charge in [-0.3, -0.25) is 0 Å². The Balaban J connectivity index is 4.07. The molecule has 0 heterocycles. The van der Waals surface area contributed by atoms with Gasteiger partial charge in [-0.05, 0) is 6.08 Å². The molecule has 0 saturated carbocycles. The number of carbonyl (C=O) groups excluding carboxylic acids is 1. The number of allylic oxidation sites excluding steroid dienone is 1. The monoisotopic (exact) mass is 216 g/mol. The van der Waals surface area contributed by atoms with Crippen LogP contribution in [0.25, 0.3) is 0 Å². The molecule has 0 fully saturated rings. The molecule has 0 aliphatic heterocycles. The van der Waals surface area contributed by atoms with Gasteiger partial charge in [0, 0.05) is 0 Å². The Morgan fingerprint density at radius 2 is 1.86 bits per heavy atom. The molecule has 0 N–H and O–H groups in total. The lowest BCUT2D eigenvalue weighted by Crippen LogP contribution is -2.10. The van der Waals surface area contributed by atoms with E-state index in [0.717, 1.165) is 0 Å². The van der Waals surface area contributed by atoms with Crippen molar-refractivity contribution < 1.29 is 31.5 Å². The number of esters is 1. The Morgan fingerprint density at radius 1 is 1.36 bits per heavy atom. The topological polar surface area (TPSA) is 26.3 Å². The highest BCUT2D eigenvalue weighted by atomic mass is 19.4. The first-order chi connectivity index (χ1) is 6.25. The van der Waals surface area contributed by atoms with Crippen molar-refractivity contribution in [2.24, 2.45) is 0 Å². The van der Waals surface area contributed by atoms with E-state index in [9.17, 15) is 26.7 Å². The van der Waals surface area contributed by atoms with E-state index < -0.39 is 30.4 Å². The van der Waals surface area contributed by atoms with Crippen molar-refractivity contribution in [2.75, 3.05) is 6.61 Å². The molecule has 2 nitrogen and oxygen atoms in total. The van der Waals surface area contributed by atoms with Crippen LogP contribution in [0, 0.1) is 0 Å². The maximum absolute atomic E-state index is 12.0. The largest absolute Gasteiger partial charge is 0.456 e. The van der Waals surface area contributed by atoms with Gasteiger partial charge in [0.25, 0.3) is 0 Å². The third-order valence-electron chi connectivity index (χ3n) is 0.969. The van der Waals surface area contributed by atoms with Gasteiger partial charge in [0.15, 0.2) is 0 Å². The molecule has 0 radical (unpaired) electrons. The average molecular weight is 216 g/mol. The Labute approximate surface area is 75.7 Å². The Hall–Kier alpha value is -1.40. The van der Waals surface area contributed by atoms with Crippen LogP contribution in [0.15, 0.2) is 24.3 Å². The minimum atomic E-state index is -5.13. The van der Waals surface area contributed by atoms with Gasteiger partial charge in [-0.15, -0.1) is 0 Å². The number of rotatable bonds is 3. The molecule has 14 heavy (non-hydrogen) atoms. The minimum Gasteiger partial charge on any atom is -0.456 e. The molecule has 0 spiro atoms. The molecule has 0 unspecified atom stereocenters. The van der Waals surface area contributed by atoms with Gasteiger partial charge in [0.1, 0.15) is 6.61 Å². The average Bonchev–Trinajstić information content (AvgIpc) is 2.01. The van der Waals surface area contributed by atoms with Crippen LogP contribution in [-0.4, -0.2) is 18.8 Å². The molecule has 80 valence electrons. The molecule has 0 aliphatic rings. The molecule has 7 heteroatoms. The molecule has 0 aromatic carbocycles. The maximum Gasteiger partial charge on any atom is 0.442 e. The standard InChI is InChI=1S/C7H5F5O2/c1-4(8)6(13)14-3-2-5(9)7(10,11)12/h2H,1,3H2. The summed E-state index contributed by atoms with van der Waals surface area (Å²) in [6, 6.07) is 0. The fraction of sp³-hybridized carbons (Fsp3) is 0.286. The number of carbonyl (C=O) groups is 1. The number of halogens is 5. The van der Waals surface area contributed by atoms with Gasteiger partial charge in [-0.1, -0.05) is 6.58 Å². The Bertz CT molecular complexity index is 266. The number of hydrogen-bond acceptors (Lipinski definition) is 2. The number of hydrogen-bond donors (Lipinski definition) is 0. The second-order valence-electron chi connectivity index (χ2n) is 2.05. The maximum atomic E-state index is 12.0. The van der Waals surface area contributed by atoms with Crippen LogP contribution in [0.4, 0.5) is 22.0 Å². The van der Waals surface area contributed by atoms with Gasteiger partial charge in [0.2, 0.25) is 11.7 Å². The summed E-state index contributed by atoms with van der Waals surface area (Å²) in [6.45, 7) is 1.52. The zero-order valence-electron chi connectivity index (χ0n) is 6.70. The summed E-state index contributed by atoms with van der Waals surface area (Å²) in [5, 5.41) is 0. The summed E-state index contributed by atoms with van der Waals surface area (Å²) in [5.41, 5.74) is 0. The first-order valence-electron chi connectivity index (χ1n) is 3.19. The summed E-state index contributed by atoms with van der Waals surface area (Å²) < 4.78 is 62.0. The third-order valence-corrected chi connectivity index (χ3v) is 0.969. The lowest BCUT2D eigenvalue weighted by Gasteiger charge is -2.02. The summed E-state index contributed by atoms with van der Waals surface area (Å²) in [5.74, 6) is -5.41. The van der Waals surface area contributed by atoms with E-state index in [1.807, 2.05) is 0 Å². The minimum absolute atomic E-state index is 0.0269. The van der Waals surface area contributed by atoms with Crippen molar-refractivity contribution in [1.29, 1.82) is 0 Å². The van der Waals surface area contributed by atoms with Crippen molar-refractivity contribution >= 4 is 5.97 Å². The summed E-state index contributed by atoms with van der Waals surface area (Å²) in [4.78, 5) is 10.2. The van der Waals surface area contributed by atoms with E-state index in [1.165, 1.54) is 0 Å². The van der Waals surface area contributed by atoms with Crippen LogP contribution < -0.4 is 0 Å². The highest BCUT2D eigenvalue weighted by molar-refractivity contribution is 5.85. The van der Waals surface area contributed by atoms with E-state index >= 15 is 0 Å². The van der Waals surface area contributed by atoms with E-state index in [-0.39, 0.29) is 6.08 Å². The zero-order valence-corrected chi connectivity index (χ0v) is 6.70. The molecule has 0 aromatic rings. The van der Waals surface area contributed by atoms with Crippen molar-refractivity contribution in [3.8, 4) is 0 Å². The SMILES string of the molecule is C=C(F)C(=O)OCC=C(F)C(F)(F)F. The first-order valence-corrected chi connectivity index (χ1v) is 3.19. The molecule has 0 atom stereocenters. The van der Waals surface area contributed by atoms with E-state index in [1.54, 1.807) is 0 Å². The van der Waals surface area contributed by atoms with Gasteiger partial charge in [-0.25, -0.2) is 9.18 Å². The van der Waals surface area contributed by atoms with E-state index in [2.05, 4.69) is 11.3 Å². The lowest BCUT2D eigenvalue weighted by molar-refractivity contribution is -0.140. The van der Waals surface area contributed by atoms with Crippen LogP contribution in [-0.2, 0) is 9.53 Å². The Morgan fingerprint density at radius 3 is 2.21 bits per heavy atom. The van der Waals surface area contributed by atoms with Crippen molar-refractivity contribution in [2.45, 2.75) is 6.18 Å². The predicted molar refractivity (Wildman–Crippen MR) is 36.5 cm³/mol. The molecular formula is C7H5F5O2. The quantitative estimate of drug-likeness (QED) is 0.411. The van der Waals surface area contributed by atoms with Gasteiger partial charge < -0.3 is 4.74 Å². The molecule has 0 aliphatic carbocycles. The molecule has 0 aromatic heterocycles. The number of alkyl halides is 3. The summed E-state index contributed by atoms with van der Waals surface area (Å²) in [7, 11) is 0. The first kappa shape index (κ1) is 12.6. The van der Waals surface area contributed by atoms with Crippen LogP contribution >= 0.6 is 0 Å². The van der Waals surface area contributed by atoms with E-state index in [4.69, 9.17) is 0 Å². The highest BCUT2D eigenvalue weighted by Crippen LogP contribution is 2.25. The van der Waals surface area contributed by atoms with Gasteiger partial charge in [-0.2, -0.15) is 17.6 Å². The molecular weight excluding hydrogens is 211 g/mol. The fourth-order valence-electron chi connectivity index (χ4n) is 0.385. The number of ether oxygens (including phenoxy) is 1. The van der Waals surface area contributed by atoms with Crippen molar-refractivity contribution in [3.63, 3.8) is 0 Å². The molecule has 0 saturated heterocycles. The molecule has 0 bridgehead atoms. The zero-order chi connectivity index (χ0) is 11.4. The predicted octanol–water partition coefficient (Wildman–Crippen LogP) is 2.43. The lowest BCUT2D eigenvalue weighted by atomic mass is 10.4. The van der Waals surface area contributed by atoms with Gasteiger partial charge >= 0.3 is 12.1 Å². The van der Waals surface area contributed by atoms with Crippen LogP contribution in [0.3, 0.4) is 0 Å². The van der Waals surface area contributed by atoms with Gasteiger partial charge in [0.05, 0.1) is 0 Å². The summed E-state index contributed by atoms with van der Waals surface area (Å²) in [6.07, 6.45) is -5.15. The van der Waals surface area contributed by atoms with Crippen LogP contribution in [0.5, 0.6) is 0 Å². The third kappa shape index (κ3) is 4.58. The van der Waals surface area contributed by atoms with Crippen LogP contribution in [0.2, 0.25) is 0 Å². The fourth-order valence-corrected chi connectivity index (χ4v) is 0.385. The van der Waals surface area contributed by atoms with Crippen molar-refractivity contribution in [1.82, 2.24) is 0 Å². The van der Waals surface area contributed by atoms with Crippen LogP contribution in [0.1, 0.15) is 0 Å². The smallest absolute Gasteiger partial charge is 0.442 e. The second-order valence-corrected chi connectivity index (χ2v) is 2.05. The molecule has 0 amide bonds.